The largest absolute Gasteiger partial charge is 0.507 e. The van der Waals surface area contributed by atoms with E-state index in [1.54, 1.807) is 36.4 Å². The molecule has 11 heteroatoms. The molecule has 1 aromatic heterocycles. The number of amides is 1. The standard InChI is InChI=1S/C34H34N2O8S/c1-4-6-7-14-42-24-12-8-20(17-26(24)40-3)30-29(31(37)21-9-13-25-27(18-21)44-16-15-43-25)32(38)33(39)36(30)34-35-23-11-10-22(41-5-2)19-28(23)45-34/h8-13,17-19,30,37H,4-7,14-16H2,1-3H3/b31-29+/t30-/m0/s1. The molecule has 1 saturated heterocycles. The maximum atomic E-state index is 13.8. The number of carbonyl (C=O) groups excluding carboxylic acids is 2. The smallest absolute Gasteiger partial charge is 0.301 e. The van der Waals surface area contributed by atoms with Crippen LogP contribution in [0.25, 0.3) is 16.0 Å². The van der Waals surface area contributed by atoms with Crippen LogP contribution < -0.4 is 28.6 Å². The third-order valence-electron chi connectivity index (χ3n) is 7.63. The van der Waals surface area contributed by atoms with Crippen molar-refractivity contribution in [2.75, 3.05) is 38.4 Å². The van der Waals surface area contributed by atoms with Gasteiger partial charge in [-0.3, -0.25) is 14.5 Å². The lowest BCUT2D eigenvalue weighted by Gasteiger charge is -2.24. The van der Waals surface area contributed by atoms with Crippen LogP contribution in [-0.2, 0) is 9.59 Å². The molecule has 1 amide bonds. The van der Waals surface area contributed by atoms with Gasteiger partial charge in [-0.05, 0) is 67.4 Å². The molecule has 3 heterocycles. The van der Waals surface area contributed by atoms with E-state index in [9.17, 15) is 14.7 Å². The van der Waals surface area contributed by atoms with Crippen LogP contribution in [0.1, 0.15) is 50.3 Å². The van der Waals surface area contributed by atoms with E-state index < -0.39 is 17.7 Å². The number of hydrogen-bond donors (Lipinski definition) is 1. The molecule has 1 fully saturated rings. The number of hydrogen-bond acceptors (Lipinski definition) is 10. The van der Waals surface area contributed by atoms with Crippen LogP contribution in [0.3, 0.4) is 0 Å². The number of rotatable bonds is 11. The summed E-state index contributed by atoms with van der Waals surface area (Å²) in [6.45, 7) is 5.83. The van der Waals surface area contributed by atoms with E-state index in [4.69, 9.17) is 28.7 Å². The van der Waals surface area contributed by atoms with Gasteiger partial charge in [0.15, 0.2) is 28.1 Å². The van der Waals surface area contributed by atoms with Gasteiger partial charge in [-0.2, -0.15) is 0 Å². The highest BCUT2D eigenvalue weighted by Gasteiger charge is 2.48. The molecule has 45 heavy (non-hydrogen) atoms. The molecule has 10 nitrogen and oxygen atoms in total. The van der Waals surface area contributed by atoms with Gasteiger partial charge in [-0.25, -0.2) is 4.98 Å². The van der Waals surface area contributed by atoms with Gasteiger partial charge in [0.2, 0.25) is 0 Å². The third-order valence-corrected chi connectivity index (χ3v) is 8.65. The summed E-state index contributed by atoms with van der Waals surface area (Å²) in [7, 11) is 1.54. The number of methoxy groups -OCH3 is 1. The van der Waals surface area contributed by atoms with Crippen LogP contribution in [0, 0.1) is 0 Å². The van der Waals surface area contributed by atoms with Crippen molar-refractivity contribution in [3.8, 4) is 28.7 Å². The number of anilines is 1. The van der Waals surface area contributed by atoms with E-state index in [1.807, 2.05) is 25.1 Å². The average Bonchev–Trinajstić information content (AvgIpc) is 3.60. The van der Waals surface area contributed by atoms with Gasteiger partial charge in [0, 0.05) is 5.56 Å². The zero-order chi connectivity index (χ0) is 31.5. The second kappa shape index (κ2) is 13.1. The fourth-order valence-corrected chi connectivity index (χ4v) is 6.47. The number of aromatic nitrogens is 1. The predicted molar refractivity (Wildman–Crippen MR) is 171 cm³/mol. The number of benzene rings is 3. The van der Waals surface area contributed by atoms with Gasteiger partial charge in [0.05, 0.1) is 42.2 Å². The fraction of sp³-hybridized carbons (Fsp3) is 0.324. The summed E-state index contributed by atoms with van der Waals surface area (Å²) in [5.74, 6) is 0.674. The minimum atomic E-state index is -1.01. The summed E-state index contributed by atoms with van der Waals surface area (Å²) in [6, 6.07) is 14.7. The van der Waals surface area contributed by atoms with Gasteiger partial charge in [0.1, 0.15) is 24.7 Å². The van der Waals surface area contributed by atoms with E-state index in [0.717, 1.165) is 24.0 Å². The molecule has 0 bridgehead atoms. The summed E-state index contributed by atoms with van der Waals surface area (Å²) in [5.41, 5.74) is 1.43. The molecule has 234 valence electrons. The molecule has 2 aliphatic rings. The van der Waals surface area contributed by atoms with Crippen LogP contribution >= 0.6 is 11.3 Å². The van der Waals surface area contributed by atoms with Gasteiger partial charge < -0.3 is 28.8 Å². The summed E-state index contributed by atoms with van der Waals surface area (Å²) in [6.07, 6.45) is 3.02. The van der Waals surface area contributed by atoms with Gasteiger partial charge >= 0.3 is 5.91 Å². The Kier molecular flexibility index (Phi) is 8.79. The number of Topliss-reactive ketones (excluding diaryl/α,β-unsaturated/α-hetero) is 1. The Labute approximate surface area is 264 Å². The quantitative estimate of drug-likeness (QED) is 0.0839. The maximum absolute atomic E-state index is 13.8. The first-order valence-corrected chi connectivity index (χ1v) is 15.8. The van der Waals surface area contributed by atoms with Crippen LogP contribution in [0.2, 0.25) is 0 Å². The Balaban J connectivity index is 1.47. The number of aliphatic hydroxyl groups is 1. The number of aliphatic hydroxyl groups excluding tert-OH is 1. The fourth-order valence-electron chi connectivity index (χ4n) is 5.45. The van der Waals surface area contributed by atoms with E-state index >= 15 is 0 Å². The van der Waals surface area contributed by atoms with Crippen molar-refractivity contribution in [1.29, 1.82) is 0 Å². The average molecular weight is 631 g/mol. The monoisotopic (exact) mass is 630 g/mol. The molecular formula is C34H34N2O8S. The lowest BCUT2D eigenvalue weighted by Crippen LogP contribution is -2.29. The van der Waals surface area contributed by atoms with Crippen molar-refractivity contribution in [2.45, 2.75) is 39.2 Å². The first-order valence-electron chi connectivity index (χ1n) is 15.0. The van der Waals surface area contributed by atoms with Crippen molar-refractivity contribution in [3.05, 3.63) is 71.3 Å². The summed E-state index contributed by atoms with van der Waals surface area (Å²) < 4.78 is 29.4. The highest BCUT2D eigenvalue weighted by molar-refractivity contribution is 7.22. The van der Waals surface area contributed by atoms with Gasteiger partial charge in [-0.1, -0.05) is 37.2 Å². The molecule has 1 atom stereocenters. The molecule has 0 spiro atoms. The lowest BCUT2D eigenvalue weighted by molar-refractivity contribution is -0.132. The minimum absolute atomic E-state index is 0.0791. The van der Waals surface area contributed by atoms with Crippen LogP contribution in [0.5, 0.6) is 28.7 Å². The van der Waals surface area contributed by atoms with E-state index in [2.05, 4.69) is 6.92 Å². The molecule has 0 aliphatic carbocycles. The van der Waals surface area contributed by atoms with Gasteiger partial charge in [0.25, 0.3) is 5.78 Å². The van der Waals surface area contributed by atoms with Gasteiger partial charge in [-0.15, -0.1) is 0 Å². The van der Waals surface area contributed by atoms with Crippen molar-refractivity contribution < 1.29 is 38.4 Å². The Bertz CT molecular complexity index is 1780. The Morgan fingerprint density at radius 1 is 0.978 bits per heavy atom. The highest BCUT2D eigenvalue weighted by Crippen LogP contribution is 2.46. The van der Waals surface area contributed by atoms with Crippen molar-refractivity contribution >= 4 is 44.1 Å². The second-order valence-corrected chi connectivity index (χ2v) is 11.6. The Morgan fingerprint density at radius 3 is 2.58 bits per heavy atom. The van der Waals surface area contributed by atoms with Crippen molar-refractivity contribution in [1.82, 2.24) is 4.98 Å². The van der Waals surface area contributed by atoms with Crippen LogP contribution in [-0.4, -0.2) is 55.3 Å². The SMILES string of the molecule is CCCCCOc1ccc([C@H]2/C(=C(\O)c3ccc4c(c3)OCCO4)C(=O)C(=O)N2c2nc3ccc(OCC)cc3s2)cc1OC. The first kappa shape index (κ1) is 30.3. The Morgan fingerprint density at radius 2 is 1.80 bits per heavy atom. The highest BCUT2D eigenvalue weighted by atomic mass is 32.1. The van der Waals surface area contributed by atoms with Crippen molar-refractivity contribution in [3.63, 3.8) is 0 Å². The van der Waals surface area contributed by atoms with E-state index in [0.29, 0.717) is 77.0 Å². The zero-order valence-electron chi connectivity index (χ0n) is 25.3. The summed E-state index contributed by atoms with van der Waals surface area (Å²) >= 11 is 1.26. The topological polar surface area (TPSA) is 117 Å². The van der Waals surface area contributed by atoms with Crippen LogP contribution in [0.4, 0.5) is 5.13 Å². The molecule has 0 radical (unpaired) electrons. The zero-order valence-corrected chi connectivity index (χ0v) is 26.1. The lowest BCUT2D eigenvalue weighted by atomic mass is 9.95. The first-order chi connectivity index (χ1) is 21.9. The molecule has 3 aromatic carbocycles. The second-order valence-electron chi connectivity index (χ2n) is 10.6. The molecule has 2 aliphatic heterocycles. The van der Waals surface area contributed by atoms with E-state index in [-0.39, 0.29) is 11.3 Å². The molecule has 1 N–H and O–H groups in total. The number of thiazole rings is 1. The molecule has 0 saturated carbocycles. The summed E-state index contributed by atoms with van der Waals surface area (Å²) in [4.78, 5) is 33.7. The maximum Gasteiger partial charge on any atom is 0.301 e. The minimum Gasteiger partial charge on any atom is -0.507 e. The number of fused-ring (bicyclic) bond motifs is 2. The molecular weight excluding hydrogens is 596 g/mol. The normalized spacial score (nSPS) is 17.1. The van der Waals surface area contributed by atoms with E-state index in [1.165, 1.54) is 23.3 Å². The Hall–Kier alpha value is -4.77. The molecule has 6 rings (SSSR count). The third kappa shape index (κ3) is 5.87. The molecule has 0 unspecified atom stereocenters. The number of ether oxygens (including phenoxy) is 5. The number of carbonyl (C=O) groups is 2. The summed E-state index contributed by atoms with van der Waals surface area (Å²) in [5, 5.41) is 12.0. The number of unbranched alkanes of at least 4 members (excludes halogenated alkanes) is 2. The number of nitrogens with zero attached hydrogens (tertiary/aromatic N) is 2. The molecule has 4 aromatic rings. The van der Waals surface area contributed by atoms with Crippen LogP contribution in [0.15, 0.2) is 60.2 Å². The predicted octanol–water partition coefficient (Wildman–Crippen LogP) is 6.67. The van der Waals surface area contributed by atoms with Crippen molar-refractivity contribution in [2.24, 2.45) is 0 Å². The number of ketones is 1.